The lowest BCUT2D eigenvalue weighted by Crippen LogP contribution is -2.45. The van der Waals surface area contributed by atoms with Gasteiger partial charge in [-0.1, -0.05) is 346 Å². The number of aliphatic hydroxyl groups is 2. The van der Waals surface area contributed by atoms with E-state index >= 15 is 0 Å². The van der Waals surface area contributed by atoms with Crippen LogP contribution in [0.25, 0.3) is 0 Å². The number of aliphatic hydroxyl groups excluding tert-OH is 2. The molecule has 0 aliphatic rings. The van der Waals surface area contributed by atoms with Crippen molar-refractivity contribution in [1.82, 2.24) is 5.32 Å². The molecule has 0 heterocycles. The number of ether oxygens (including phenoxy) is 1. The zero-order chi connectivity index (χ0) is 58.5. The van der Waals surface area contributed by atoms with Gasteiger partial charge in [-0.05, 0) is 83.5 Å². The van der Waals surface area contributed by atoms with Crippen LogP contribution < -0.4 is 5.32 Å². The fourth-order valence-corrected chi connectivity index (χ4v) is 11.5. The van der Waals surface area contributed by atoms with Crippen LogP contribution in [0, 0.1) is 0 Å². The molecule has 0 aliphatic carbocycles. The minimum absolute atomic E-state index is 0.00953. The van der Waals surface area contributed by atoms with Crippen LogP contribution in [0.4, 0.5) is 0 Å². The first-order valence-corrected chi connectivity index (χ1v) is 36.8. The lowest BCUT2D eigenvalue weighted by molar-refractivity contribution is -0.143. The number of hydrogen-bond acceptors (Lipinski definition) is 5. The van der Waals surface area contributed by atoms with E-state index in [1.165, 1.54) is 334 Å². The van der Waals surface area contributed by atoms with E-state index in [1.54, 1.807) is 6.08 Å². The Morgan fingerprint density at radius 2 is 0.580 bits per heavy atom. The molecule has 0 saturated carbocycles. The molecule has 81 heavy (non-hydrogen) atoms. The van der Waals surface area contributed by atoms with Crippen LogP contribution in [-0.2, 0) is 14.3 Å². The third kappa shape index (κ3) is 67.1. The number of unbranched alkanes of at least 4 members (excludes halogenated alkanes) is 54. The van der Waals surface area contributed by atoms with E-state index in [9.17, 15) is 19.8 Å². The predicted molar refractivity (Wildman–Crippen MR) is 356 cm³/mol. The summed E-state index contributed by atoms with van der Waals surface area (Å²) in [7, 11) is 0. The van der Waals surface area contributed by atoms with Gasteiger partial charge in [-0.25, -0.2) is 0 Å². The zero-order valence-electron chi connectivity index (χ0n) is 54.8. The number of rotatable bonds is 69. The van der Waals surface area contributed by atoms with Gasteiger partial charge in [0.05, 0.1) is 25.4 Å². The van der Waals surface area contributed by atoms with Crippen LogP contribution >= 0.6 is 0 Å². The second-order valence-corrected chi connectivity index (χ2v) is 25.3. The van der Waals surface area contributed by atoms with E-state index in [4.69, 9.17) is 4.74 Å². The Labute approximate surface area is 506 Å². The molecule has 0 aliphatic heterocycles. The Balaban J connectivity index is 3.37. The first-order chi connectivity index (χ1) is 40.0. The van der Waals surface area contributed by atoms with Crippen molar-refractivity contribution >= 4 is 11.9 Å². The van der Waals surface area contributed by atoms with E-state index < -0.39 is 12.1 Å². The Morgan fingerprint density at radius 1 is 0.333 bits per heavy atom. The average molecular weight is 1140 g/mol. The summed E-state index contributed by atoms with van der Waals surface area (Å²) in [6, 6.07) is -0.626. The van der Waals surface area contributed by atoms with Crippen LogP contribution in [0.3, 0.4) is 0 Å². The van der Waals surface area contributed by atoms with Gasteiger partial charge in [0.2, 0.25) is 5.91 Å². The third-order valence-electron chi connectivity index (χ3n) is 17.1. The highest BCUT2D eigenvalue weighted by Gasteiger charge is 2.18. The quantitative estimate of drug-likeness (QED) is 0.0320. The second-order valence-electron chi connectivity index (χ2n) is 25.3. The lowest BCUT2D eigenvalue weighted by atomic mass is 10.0. The van der Waals surface area contributed by atoms with Crippen molar-refractivity contribution in [3.8, 4) is 0 Å². The lowest BCUT2D eigenvalue weighted by Gasteiger charge is -2.20. The van der Waals surface area contributed by atoms with Crippen LogP contribution in [0.1, 0.15) is 406 Å². The Hall–Kier alpha value is -1.92. The van der Waals surface area contributed by atoms with Crippen molar-refractivity contribution in [3.63, 3.8) is 0 Å². The normalized spacial score (nSPS) is 12.7. The van der Waals surface area contributed by atoms with E-state index in [-0.39, 0.29) is 18.5 Å². The summed E-state index contributed by atoms with van der Waals surface area (Å²) in [6.07, 6.45) is 91.0. The van der Waals surface area contributed by atoms with Gasteiger partial charge in [0.1, 0.15) is 0 Å². The molecular formula is C75H143NO5. The number of carbonyl (C=O) groups excluding carboxylic acids is 2. The Morgan fingerprint density at radius 3 is 0.889 bits per heavy atom. The number of amides is 1. The largest absolute Gasteiger partial charge is 0.466 e. The molecule has 6 heteroatoms. The molecule has 1 amide bonds. The van der Waals surface area contributed by atoms with Gasteiger partial charge in [-0.15, -0.1) is 0 Å². The summed E-state index contributed by atoms with van der Waals surface area (Å²) >= 11 is 0. The monoisotopic (exact) mass is 1140 g/mol. The maximum absolute atomic E-state index is 12.5. The summed E-state index contributed by atoms with van der Waals surface area (Å²) in [5.74, 6) is -0.0520. The molecule has 0 spiro atoms. The number of allylic oxidation sites excluding steroid dienone is 5. The molecule has 3 N–H and O–H groups in total. The Kier molecular flexibility index (Phi) is 68.9. The number of hydrogen-bond donors (Lipinski definition) is 3. The van der Waals surface area contributed by atoms with Crippen LogP contribution in [0.5, 0.6) is 0 Å². The van der Waals surface area contributed by atoms with E-state index in [2.05, 4.69) is 43.5 Å². The molecule has 0 aromatic rings. The molecule has 0 saturated heterocycles. The molecule has 0 aromatic heterocycles. The molecule has 6 nitrogen and oxygen atoms in total. The van der Waals surface area contributed by atoms with Gasteiger partial charge >= 0.3 is 5.97 Å². The summed E-state index contributed by atoms with van der Waals surface area (Å²) < 4.78 is 5.48. The van der Waals surface area contributed by atoms with Crippen molar-refractivity contribution < 1.29 is 24.5 Å². The number of carbonyl (C=O) groups is 2. The summed E-state index contributed by atoms with van der Waals surface area (Å²) in [4.78, 5) is 24.6. The fraction of sp³-hybridized carbons (Fsp3) is 0.893. The van der Waals surface area contributed by atoms with E-state index in [1.807, 2.05) is 6.08 Å². The molecule has 0 bridgehead atoms. The number of esters is 1. The van der Waals surface area contributed by atoms with Gasteiger partial charge in [-0.2, -0.15) is 0 Å². The van der Waals surface area contributed by atoms with Crippen molar-refractivity contribution in [3.05, 3.63) is 36.5 Å². The highest BCUT2D eigenvalue weighted by atomic mass is 16.5. The zero-order valence-corrected chi connectivity index (χ0v) is 54.8. The van der Waals surface area contributed by atoms with Gasteiger partial charge in [0, 0.05) is 12.8 Å². The van der Waals surface area contributed by atoms with Crippen molar-refractivity contribution in [2.45, 2.75) is 418 Å². The molecule has 478 valence electrons. The molecule has 2 unspecified atom stereocenters. The highest BCUT2D eigenvalue weighted by molar-refractivity contribution is 5.76. The average Bonchev–Trinajstić information content (AvgIpc) is 3.47. The second kappa shape index (κ2) is 70.6. The summed E-state index contributed by atoms with van der Waals surface area (Å²) in [5, 5.41) is 23.2. The van der Waals surface area contributed by atoms with Gasteiger partial charge < -0.3 is 20.3 Å². The molecule has 0 rings (SSSR count). The first kappa shape index (κ1) is 79.1. The first-order valence-electron chi connectivity index (χ1n) is 36.8. The summed E-state index contributed by atoms with van der Waals surface area (Å²) in [5.41, 5.74) is 0. The van der Waals surface area contributed by atoms with Gasteiger partial charge in [0.15, 0.2) is 0 Å². The van der Waals surface area contributed by atoms with Gasteiger partial charge in [-0.3, -0.25) is 9.59 Å². The number of nitrogens with one attached hydrogen (secondary N) is 1. The summed E-state index contributed by atoms with van der Waals surface area (Å²) in [6.45, 7) is 4.92. The van der Waals surface area contributed by atoms with Gasteiger partial charge in [0.25, 0.3) is 0 Å². The predicted octanol–water partition coefficient (Wildman–Crippen LogP) is 23.9. The van der Waals surface area contributed by atoms with Crippen molar-refractivity contribution in [1.29, 1.82) is 0 Å². The molecule has 2 atom stereocenters. The van der Waals surface area contributed by atoms with Crippen molar-refractivity contribution in [2.24, 2.45) is 0 Å². The standard InChI is InChI=1S/C75H143NO5/c1-3-5-7-9-11-13-15-17-18-19-37-40-44-47-51-55-59-63-67-73(78)72(71-77)76-74(79)68-64-60-56-52-48-45-41-38-35-33-31-29-27-25-23-21-20-22-24-26-28-30-32-34-36-39-42-46-50-54-58-62-66-70-81-75(80)69-65-61-57-53-49-43-16-14-12-10-8-6-4-2/h14,16,24,26,63,67,72-73,77-78H,3-13,15,17-23,25,27-62,64-66,68-71H2,1-2H3,(H,76,79)/b16-14-,26-24-,67-63+. The van der Waals surface area contributed by atoms with E-state index in [0.29, 0.717) is 19.4 Å². The minimum Gasteiger partial charge on any atom is -0.466 e. The maximum Gasteiger partial charge on any atom is 0.305 e. The SMILES string of the molecule is CCCCCC/C=C\CCCCCCCC(=O)OCCCCCCCCCCCCCC/C=C\CCCCCCCCCCCCCCCCCCCC(=O)NC(CO)C(O)/C=C/CCCCCCCCCCCCCCCCCC. The van der Waals surface area contributed by atoms with Crippen LogP contribution in [0.15, 0.2) is 36.5 Å². The highest BCUT2D eigenvalue weighted by Crippen LogP contribution is 2.19. The fourth-order valence-electron chi connectivity index (χ4n) is 11.5. The maximum atomic E-state index is 12.5. The minimum atomic E-state index is -0.843. The van der Waals surface area contributed by atoms with E-state index in [0.717, 1.165) is 44.9 Å². The van der Waals surface area contributed by atoms with Crippen LogP contribution in [-0.4, -0.2) is 47.4 Å². The molecular weight excluding hydrogens is 995 g/mol. The van der Waals surface area contributed by atoms with Crippen molar-refractivity contribution in [2.75, 3.05) is 13.2 Å². The molecule has 0 aromatic carbocycles. The smallest absolute Gasteiger partial charge is 0.305 e. The molecule has 0 fully saturated rings. The Bertz CT molecular complexity index is 1310. The third-order valence-corrected chi connectivity index (χ3v) is 17.1. The molecule has 0 radical (unpaired) electrons. The topological polar surface area (TPSA) is 95.9 Å². The van der Waals surface area contributed by atoms with Crippen LogP contribution in [0.2, 0.25) is 0 Å².